The van der Waals surface area contributed by atoms with Gasteiger partial charge in [0.1, 0.15) is 5.76 Å². The summed E-state index contributed by atoms with van der Waals surface area (Å²) in [7, 11) is 0. The molecule has 1 aliphatic heterocycles. The van der Waals surface area contributed by atoms with E-state index in [2.05, 4.69) is 22.2 Å². The van der Waals surface area contributed by atoms with E-state index in [0.717, 1.165) is 30.1 Å². The minimum absolute atomic E-state index is 0.0746. The highest BCUT2D eigenvalue weighted by Crippen LogP contribution is 2.16. The van der Waals surface area contributed by atoms with Crippen LogP contribution in [0, 0.1) is 13.8 Å². The van der Waals surface area contributed by atoms with Gasteiger partial charge in [0.2, 0.25) is 5.91 Å². The molecule has 1 aromatic carbocycles. The van der Waals surface area contributed by atoms with Gasteiger partial charge in [-0.2, -0.15) is 0 Å². The molecule has 1 aromatic heterocycles. The summed E-state index contributed by atoms with van der Waals surface area (Å²) in [6, 6.07) is 10.2. The van der Waals surface area contributed by atoms with Crippen molar-refractivity contribution < 1.29 is 14.4 Å². The third kappa shape index (κ3) is 4.71. The van der Waals surface area contributed by atoms with Gasteiger partial charge < -0.3 is 14.5 Å². The van der Waals surface area contributed by atoms with Crippen LogP contribution in [-0.4, -0.2) is 58.3 Å². The molecule has 0 bridgehead atoms. The summed E-state index contributed by atoms with van der Waals surface area (Å²) in [5.41, 5.74) is 3.08. The van der Waals surface area contributed by atoms with Crippen molar-refractivity contribution >= 4 is 5.91 Å². The molecule has 140 valence electrons. The number of aryl methyl sites for hydroxylation is 2. The normalized spacial score (nSPS) is 18.7. The molecule has 0 saturated carbocycles. The monoisotopic (exact) mass is 357 g/mol. The molecule has 0 radical (unpaired) electrons. The van der Waals surface area contributed by atoms with Gasteiger partial charge in [-0.15, -0.1) is 0 Å². The van der Waals surface area contributed by atoms with E-state index in [1.807, 2.05) is 32.0 Å². The van der Waals surface area contributed by atoms with E-state index in [4.69, 9.17) is 4.52 Å². The lowest BCUT2D eigenvalue weighted by Gasteiger charge is -2.22. The predicted molar refractivity (Wildman–Crippen MR) is 98.6 cm³/mol. The maximum Gasteiger partial charge on any atom is 0.223 e. The van der Waals surface area contributed by atoms with E-state index in [0.29, 0.717) is 32.5 Å². The Hall–Kier alpha value is -2.18. The van der Waals surface area contributed by atoms with Gasteiger partial charge >= 0.3 is 0 Å². The van der Waals surface area contributed by atoms with Crippen LogP contribution in [0.4, 0.5) is 0 Å². The quantitative estimate of drug-likeness (QED) is 0.885. The van der Waals surface area contributed by atoms with Crippen LogP contribution in [0.2, 0.25) is 0 Å². The maximum absolute atomic E-state index is 12.6. The Balaban J connectivity index is 1.55. The number of β-amino-alcohol motifs (C(OH)–C–C–N with tert-alkyl or cyclic N) is 1. The average molecular weight is 357 g/mol. The van der Waals surface area contributed by atoms with Crippen molar-refractivity contribution in [3.05, 3.63) is 52.9 Å². The third-order valence-corrected chi connectivity index (χ3v) is 4.96. The van der Waals surface area contributed by atoms with Crippen molar-refractivity contribution in [2.45, 2.75) is 39.3 Å². The van der Waals surface area contributed by atoms with Gasteiger partial charge in [-0.3, -0.25) is 9.69 Å². The molecule has 6 heteroatoms. The summed E-state index contributed by atoms with van der Waals surface area (Å²) < 4.78 is 5.16. The van der Waals surface area contributed by atoms with Crippen LogP contribution < -0.4 is 0 Å². The molecule has 0 aliphatic carbocycles. The largest absolute Gasteiger partial charge is 0.390 e. The summed E-state index contributed by atoms with van der Waals surface area (Å²) >= 11 is 0. The Morgan fingerprint density at radius 3 is 2.69 bits per heavy atom. The van der Waals surface area contributed by atoms with Gasteiger partial charge in [0.15, 0.2) is 0 Å². The summed E-state index contributed by atoms with van der Waals surface area (Å²) in [4.78, 5) is 16.6. The molecular weight excluding hydrogens is 330 g/mol. The van der Waals surface area contributed by atoms with Crippen molar-refractivity contribution in [3.63, 3.8) is 0 Å². The molecule has 1 amide bonds. The molecule has 1 atom stereocenters. The van der Waals surface area contributed by atoms with Crippen LogP contribution in [-0.2, 0) is 17.8 Å². The zero-order valence-corrected chi connectivity index (χ0v) is 15.5. The highest BCUT2D eigenvalue weighted by molar-refractivity contribution is 5.76. The summed E-state index contributed by atoms with van der Waals surface area (Å²) in [6.07, 6.45) is 0.512. The second-order valence-corrected chi connectivity index (χ2v) is 7.02. The zero-order chi connectivity index (χ0) is 18.5. The van der Waals surface area contributed by atoms with E-state index in [1.54, 1.807) is 4.90 Å². The molecule has 1 aliphatic rings. The van der Waals surface area contributed by atoms with Crippen LogP contribution in [0.25, 0.3) is 0 Å². The first kappa shape index (κ1) is 18.6. The fourth-order valence-corrected chi connectivity index (χ4v) is 3.52. The number of hydrogen-bond acceptors (Lipinski definition) is 5. The molecule has 0 spiro atoms. The van der Waals surface area contributed by atoms with Crippen LogP contribution >= 0.6 is 0 Å². The van der Waals surface area contributed by atoms with E-state index in [9.17, 15) is 9.90 Å². The molecule has 1 fully saturated rings. The lowest BCUT2D eigenvalue weighted by molar-refractivity contribution is -0.132. The lowest BCUT2D eigenvalue weighted by atomic mass is 10.1. The van der Waals surface area contributed by atoms with Crippen LogP contribution in [0.1, 0.15) is 29.0 Å². The number of nitrogens with zero attached hydrogens (tertiary/aromatic N) is 3. The number of aliphatic hydroxyl groups excluding tert-OH is 1. The van der Waals surface area contributed by atoms with E-state index < -0.39 is 6.10 Å². The van der Waals surface area contributed by atoms with E-state index in [1.165, 1.54) is 5.56 Å². The fraction of sp³-hybridized carbons (Fsp3) is 0.500. The first-order valence-electron chi connectivity index (χ1n) is 9.17. The van der Waals surface area contributed by atoms with Crippen molar-refractivity contribution in [1.82, 2.24) is 15.0 Å². The summed E-state index contributed by atoms with van der Waals surface area (Å²) in [5.74, 6) is 0.853. The van der Waals surface area contributed by atoms with Crippen LogP contribution in [0.15, 0.2) is 34.9 Å². The number of aromatic nitrogens is 1. The molecule has 2 aromatic rings. The fourth-order valence-electron chi connectivity index (χ4n) is 3.52. The van der Waals surface area contributed by atoms with Crippen molar-refractivity contribution in [2.24, 2.45) is 0 Å². The molecule has 6 nitrogen and oxygen atoms in total. The highest BCUT2D eigenvalue weighted by atomic mass is 16.5. The lowest BCUT2D eigenvalue weighted by Crippen LogP contribution is -2.37. The first-order chi connectivity index (χ1) is 12.5. The second-order valence-electron chi connectivity index (χ2n) is 7.02. The third-order valence-electron chi connectivity index (χ3n) is 4.96. The Kier molecular flexibility index (Phi) is 6.06. The van der Waals surface area contributed by atoms with Crippen molar-refractivity contribution in [1.29, 1.82) is 0 Å². The van der Waals surface area contributed by atoms with Gasteiger partial charge in [0.05, 0.1) is 11.8 Å². The molecule has 3 rings (SSSR count). The van der Waals surface area contributed by atoms with E-state index in [-0.39, 0.29) is 5.91 Å². The topological polar surface area (TPSA) is 69.8 Å². The number of rotatable bonds is 5. The molecule has 1 N–H and O–H groups in total. The van der Waals surface area contributed by atoms with Gasteiger partial charge in [0, 0.05) is 44.7 Å². The maximum atomic E-state index is 12.6. The minimum atomic E-state index is -0.524. The zero-order valence-electron chi connectivity index (χ0n) is 15.5. The van der Waals surface area contributed by atoms with Gasteiger partial charge in [-0.1, -0.05) is 35.5 Å². The number of amides is 1. The Morgan fingerprint density at radius 2 is 2.00 bits per heavy atom. The van der Waals surface area contributed by atoms with Crippen molar-refractivity contribution in [2.75, 3.05) is 26.2 Å². The van der Waals surface area contributed by atoms with Gasteiger partial charge in [0.25, 0.3) is 0 Å². The van der Waals surface area contributed by atoms with Crippen LogP contribution in [0.5, 0.6) is 0 Å². The molecule has 0 unspecified atom stereocenters. The average Bonchev–Trinajstić information content (AvgIpc) is 2.83. The molecule has 1 saturated heterocycles. The minimum Gasteiger partial charge on any atom is -0.390 e. The molecule has 2 heterocycles. The predicted octanol–water partition coefficient (Wildman–Crippen LogP) is 1.93. The molecule has 26 heavy (non-hydrogen) atoms. The van der Waals surface area contributed by atoms with Crippen LogP contribution in [0.3, 0.4) is 0 Å². The smallest absolute Gasteiger partial charge is 0.223 e. The summed E-state index contributed by atoms with van der Waals surface area (Å²) in [5, 5.41) is 14.3. The number of carbonyl (C=O) groups is 1. The van der Waals surface area contributed by atoms with E-state index >= 15 is 0 Å². The Labute approximate surface area is 154 Å². The Morgan fingerprint density at radius 1 is 1.23 bits per heavy atom. The number of aliphatic hydroxyl groups is 1. The number of carbonyl (C=O) groups excluding carboxylic acids is 1. The standard InChI is InChI=1S/C20H27N3O3/c1-15-19(16(2)26-21-15)8-9-20(25)23-11-10-22(13-18(24)14-23)12-17-6-4-3-5-7-17/h3-7,18,24H,8-14H2,1-2H3/t18-/m1/s1. The first-order valence-corrected chi connectivity index (χ1v) is 9.17. The van der Waals surface area contributed by atoms with Gasteiger partial charge in [-0.25, -0.2) is 0 Å². The SMILES string of the molecule is Cc1noc(C)c1CCC(=O)N1CCN(Cc2ccccc2)C[C@@H](O)C1. The molecular formula is C20H27N3O3. The number of hydrogen-bond donors (Lipinski definition) is 1. The number of benzene rings is 1. The highest BCUT2D eigenvalue weighted by Gasteiger charge is 2.24. The Bertz CT molecular complexity index is 710. The summed E-state index contributed by atoms with van der Waals surface area (Å²) in [6.45, 7) is 6.95. The van der Waals surface area contributed by atoms with Crippen molar-refractivity contribution in [3.8, 4) is 0 Å². The van der Waals surface area contributed by atoms with Gasteiger partial charge in [-0.05, 0) is 25.8 Å². The second kappa shape index (κ2) is 8.47.